The van der Waals surface area contributed by atoms with Crippen LogP contribution < -0.4 is 10.6 Å². The molecule has 0 bridgehead atoms. The molecule has 2 rings (SSSR count). The maximum atomic E-state index is 13.0. The maximum Gasteiger partial charge on any atom is 0.184 e. The van der Waals surface area contributed by atoms with E-state index >= 15 is 0 Å². The molecule has 0 aromatic heterocycles. The summed E-state index contributed by atoms with van der Waals surface area (Å²) in [5.74, 6) is -3.02. The molecule has 0 amide bonds. The highest BCUT2D eigenvalue weighted by molar-refractivity contribution is 5.75. The average molecular weight is 218 g/mol. The topological polar surface area (TPSA) is 24.1 Å². The zero-order valence-electron chi connectivity index (χ0n) is 8.79. The Bertz CT molecular complexity index is 366. The van der Waals surface area contributed by atoms with Gasteiger partial charge < -0.3 is 10.6 Å². The second-order valence-corrected chi connectivity index (χ2v) is 2.91. The van der Waals surface area contributed by atoms with E-state index in [1.54, 1.807) is 6.92 Å². The molecular formula is C10H13F3N2. The first kappa shape index (κ1) is 11.7. The van der Waals surface area contributed by atoms with E-state index in [0.29, 0.717) is 6.07 Å². The van der Waals surface area contributed by atoms with Crippen LogP contribution in [0.2, 0.25) is 0 Å². The average Bonchev–Trinajstić information content (AvgIpc) is 2.61. The summed E-state index contributed by atoms with van der Waals surface area (Å²) in [6.45, 7) is 5.68. The van der Waals surface area contributed by atoms with Crippen LogP contribution in [0.5, 0.6) is 0 Å². The minimum atomic E-state index is -1.18. The standard InChI is InChI=1S/C8H7F3N2.C2H6/c1-3-12-7-5(10)2-4(9)6(11)8(7)13-3;1-2/h2-3,12-13H,1H3;1-2H3. The third-order valence-electron chi connectivity index (χ3n) is 1.89. The molecule has 0 fully saturated rings. The Labute approximate surface area is 86.5 Å². The quantitative estimate of drug-likeness (QED) is 0.653. The van der Waals surface area contributed by atoms with Crippen LogP contribution in [0.4, 0.5) is 24.5 Å². The number of hydrogen-bond acceptors (Lipinski definition) is 2. The Morgan fingerprint density at radius 2 is 1.53 bits per heavy atom. The van der Waals surface area contributed by atoms with Gasteiger partial charge in [0.1, 0.15) is 5.69 Å². The lowest BCUT2D eigenvalue weighted by atomic mass is 10.2. The highest BCUT2D eigenvalue weighted by atomic mass is 19.2. The SMILES string of the molecule is CC.CC1Nc2c(F)cc(F)c(F)c2N1. The minimum absolute atomic E-state index is 0.00796. The molecule has 1 aromatic rings. The summed E-state index contributed by atoms with van der Waals surface area (Å²) >= 11 is 0. The van der Waals surface area contributed by atoms with Crippen molar-refractivity contribution in [2.24, 2.45) is 0 Å². The molecule has 5 heteroatoms. The molecule has 2 N–H and O–H groups in total. The molecule has 15 heavy (non-hydrogen) atoms. The van der Waals surface area contributed by atoms with E-state index < -0.39 is 17.5 Å². The van der Waals surface area contributed by atoms with Gasteiger partial charge in [-0.15, -0.1) is 0 Å². The van der Waals surface area contributed by atoms with Gasteiger partial charge in [0.15, 0.2) is 17.5 Å². The monoisotopic (exact) mass is 218 g/mol. The van der Waals surface area contributed by atoms with Gasteiger partial charge in [-0.05, 0) is 6.92 Å². The van der Waals surface area contributed by atoms with Crippen LogP contribution in [-0.2, 0) is 0 Å². The summed E-state index contributed by atoms with van der Waals surface area (Å²) in [6, 6.07) is 0.529. The van der Waals surface area contributed by atoms with Crippen molar-refractivity contribution in [3.8, 4) is 0 Å². The van der Waals surface area contributed by atoms with Gasteiger partial charge in [0, 0.05) is 6.07 Å². The Balaban J connectivity index is 0.000000531. The van der Waals surface area contributed by atoms with E-state index in [-0.39, 0.29) is 17.5 Å². The molecule has 1 aliphatic rings. The van der Waals surface area contributed by atoms with Crippen LogP contribution in [0.1, 0.15) is 20.8 Å². The van der Waals surface area contributed by atoms with Crippen LogP contribution in [0.3, 0.4) is 0 Å². The number of hydrogen-bond donors (Lipinski definition) is 2. The van der Waals surface area contributed by atoms with Crippen molar-refractivity contribution in [3.05, 3.63) is 23.5 Å². The van der Waals surface area contributed by atoms with Crippen molar-refractivity contribution in [2.75, 3.05) is 10.6 Å². The molecule has 1 aliphatic heterocycles. The fraction of sp³-hybridized carbons (Fsp3) is 0.400. The Morgan fingerprint density at radius 3 is 2.13 bits per heavy atom. The fourth-order valence-corrected chi connectivity index (χ4v) is 1.34. The molecule has 0 saturated heterocycles. The Morgan fingerprint density at radius 1 is 1.00 bits per heavy atom. The summed E-state index contributed by atoms with van der Waals surface area (Å²) in [7, 11) is 0. The van der Waals surface area contributed by atoms with Crippen molar-refractivity contribution in [1.29, 1.82) is 0 Å². The smallest absolute Gasteiger partial charge is 0.184 e. The minimum Gasteiger partial charge on any atom is -0.361 e. The van der Waals surface area contributed by atoms with Crippen molar-refractivity contribution >= 4 is 11.4 Å². The molecule has 0 spiro atoms. The molecule has 84 valence electrons. The van der Waals surface area contributed by atoms with Gasteiger partial charge in [0.25, 0.3) is 0 Å². The molecular weight excluding hydrogens is 205 g/mol. The predicted molar refractivity (Wildman–Crippen MR) is 54.4 cm³/mol. The summed E-state index contributed by atoms with van der Waals surface area (Å²) in [4.78, 5) is 0. The Hall–Kier alpha value is -1.39. The second-order valence-electron chi connectivity index (χ2n) is 2.91. The van der Waals surface area contributed by atoms with Crippen molar-refractivity contribution < 1.29 is 13.2 Å². The van der Waals surface area contributed by atoms with Crippen molar-refractivity contribution in [1.82, 2.24) is 0 Å². The van der Waals surface area contributed by atoms with E-state index in [1.807, 2.05) is 13.8 Å². The zero-order chi connectivity index (χ0) is 11.6. The Kier molecular flexibility index (Phi) is 3.44. The van der Waals surface area contributed by atoms with Gasteiger partial charge in [-0.3, -0.25) is 0 Å². The third kappa shape index (κ3) is 2.00. The first-order valence-corrected chi connectivity index (χ1v) is 4.80. The van der Waals surface area contributed by atoms with Gasteiger partial charge in [-0.25, -0.2) is 13.2 Å². The van der Waals surface area contributed by atoms with Crippen LogP contribution >= 0.6 is 0 Å². The second kappa shape index (κ2) is 4.42. The first-order valence-electron chi connectivity index (χ1n) is 4.80. The highest BCUT2D eigenvalue weighted by Crippen LogP contribution is 2.35. The van der Waals surface area contributed by atoms with Crippen molar-refractivity contribution in [3.63, 3.8) is 0 Å². The predicted octanol–water partition coefficient (Wildman–Crippen LogP) is 3.31. The zero-order valence-corrected chi connectivity index (χ0v) is 8.79. The number of nitrogens with one attached hydrogen (secondary N) is 2. The summed E-state index contributed by atoms with van der Waals surface area (Å²) in [5.41, 5.74) is -0.142. The summed E-state index contributed by atoms with van der Waals surface area (Å²) < 4.78 is 38.7. The van der Waals surface area contributed by atoms with Gasteiger partial charge >= 0.3 is 0 Å². The molecule has 1 aromatic carbocycles. The summed E-state index contributed by atoms with van der Waals surface area (Å²) in [5, 5.41) is 5.22. The van der Waals surface area contributed by atoms with E-state index in [1.165, 1.54) is 0 Å². The maximum absolute atomic E-state index is 13.0. The van der Waals surface area contributed by atoms with Crippen molar-refractivity contribution in [2.45, 2.75) is 26.9 Å². The van der Waals surface area contributed by atoms with Gasteiger partial charge in [0.2, 0.25) is 0 Å². The molecule has 1 heterocycles. The van der Waals surface area contributed by atoms with Gasteiger partial charge in [0.05, 0.1) is 11.9 Å². The van der Waals surface area contributed by atoms with Crippen LogP contribution in [0.25, 0.3) is 0 Å². The van der Waals surface area contributed by atoms with Crippen LogP contribution in [-0.4, -0.2) is 6.17 Å². The molecule has 1 unspecified atom stereocenters. The molecule has 2 nitrogen and oxygen atoms in total. The number of rotatable bonds is 0. The molecule has 0 saturated carbocycles. The lowest BCUT2D eigenvalue weighted by Gasteiger charge is -2.02. The normalized spacial score (nSPS) is 17.1. The highest BCUT2D eigenvalue weighted by Gasteiger charge is 2.25. The first-order chi connectivity index (χ1) is 7.09. The largest absolute Gasteiger partial charge is 0.361 e. The molecule has 1 atom stereocenters. The van der Waals surface area contributed by atoms with Crippen LogP contribution in [0.15, 0.2) is 6.07 Å². The number of fused-ring (bicyclic) bond motifs is 1. The summed E-state index contributed by atoms with van der Waals surface area (Å²) in [6.07, 6.45) is -0.291. The number of benzene rings is 1. The third-order valence-corrected chi connectivity index (χ3v) is 1.89. The van der Waals surface area contributed by atoms with Gasteiger partial charge in [-0.1, -0.05) is 13.8 Å². The van der Waals surface area contributed by atoms with E-state index in [0.717, 1.165) is 0 Å². The lowest BCUT2D eigenvalue weighted by molar-refractivity contribution is 0.500. The molecule has 0 aliphatic carbocycles. The molecule has 0 radical (unpaired) electrons. The van der Waals surface area contributed by atoms with Crippen LogP contribution in [0, 0.1) is 17.5 Å². The van der Waals surface area contributed by atoms with E-state index in [2.05, 4.69) is 10.6 Å². The van der Waals surface area contributed by atoms with E-state index in [4.69, 9.17) is 0 Å². The fourth-order valence-electron chi connectivity index (χ4n) is 1.34. The number of halogens is 3. The van der Waals surface area contributed by atoms with E-state index in [9.17, 15) is 13.2 Å². The number of anilines is 2. The lowest BCUT2D eigenvalue weighted by Crippen LogP contribution is -2.16. The van der Waals surface area contributed by atoms with Gasteiger partial charge in [-0.2, -0.15) is 0 Å².